The minimum Gasteiger partial charge on any atom is -0.496 e. The van der Waals surface area contributed by atoms with E-state index < -0.39 is 5.97 Å². The van der Waals surface area contributed by atoms with Crippen molar-refractivity contribution in [2.24, 2.45) is 0 Å². The lowest BCUT2D eigenvalue weighted by Crippen LogP contribution is -2.04. The number of methoxy groups -OCH3 is 1. The number of imidazole rings is 1. The predicted molar refractivity (Wildman–Crippen MR) is 128 cm³/mol. The number of carbonyl (C=O) groups is 1. The molecule has 0 saturated heterocycles. The molecule has 0 unspecified atom stereocenters. The Hall–Kier alpha value is -2.80. The number of aromatic carboxylic acids is 1. The molecule has 3 aromatic rings. The van der Waals surface area contributed by atoms with Gasteiger partial charge in [-0.1, -0.05) is 23.4 Å². The number of thioether (sulfide) groups is 1. The lowest BCUT2D eigenvalue weighted by Gasteiger charge is -2.15. The number of carboxylic acids is 1. The molecule has 0 amide bonds. The van der Waals surface area contributed by atoms with Gasteiger partial charge < -0.3 is 14.4 Å². The standard InChI is InChI=1S/C25H29N3O3S/c1-16-14-26-21(17(2)23(16)31-3)15-32-25-27-20-13-19(24(29)30)9-10-22(20)28(25)12-11-18-7-5-4-6-8-18/h7,9-10,13-14H,4-6,8,11-12,15H2,1-3H3,(H,29,30). The van der Waals surface area contributed by atoms with Crippen LogP contribution in [0.5, 0.6) is 5.75 Å². The van der Waals surface area contributed by atoms with Crippen molar-refractivity contribution in [1.29, 1.82) is 0 Å². The van der Waals surface area contributed by atoms with Crippen LogP contribution in [0.2, 0.25) is 0 Å². The average molecular weight is 452 g/mol. The minimum absolute atomic E-state index is 0.259. The lowest BCUT2D eigenvalue weighted by atomic mass is 9.97. The quantitative estimate of drug-likeness (QED) is 0.337. The Bertz CT molecular complexity index is 1180. The van der Waals surface area contributed by atoms with E-state index in [-0.39, 0.29) is 5.56 Å². The first-order chi connectivity index (χ1) is 15.5. The Labute approximate surface area is 192 Å². The maximum absolute atomic E-state index is 11.4. The van der Waals surface area contributed by atoms with Gasteiger partial charge in [0.25, 0.3) is 0 Å². The van der Waals surface area contributed by atoms with Crippen LogP contribution in [0.1, 0.15) is 59.3 Å². The first-order valence-corrected chi connectivity index (χ1v) is 12.0. The highest BCUT2D eigenvalue weighted by Gasteiger charge is 2.16. The molecule has 0 fully saturated rings. The maximum atomic E-state index is 11.4. The summed E-state index contributed by atoms with van der Waals surface area (Å²) < 4.78 is 7.77. The first kappa shape index (κ1) is 22.4. The monoisotopic (exact) mass is 451 g/mol. The zero-order chi connectivity index (χ0) is 22.7. The topological polar surface area (TPSA) is 77.2 Å². The van der Waals surface area contributed by atoms with Gasteiger partial charge >= 0.3 is 5.97 Å². The van der Waals surface area contributed by atoms with E-state index in [2.05, 4.69) is 15.6 Å². The van der Waals surface area contributed by atoms with Crippen LogP contribution in [0.25, 0.3) is 11.0 Å². The predicted octanol–water partition coefficient (Wildman–Crippen LogP) is 5.94. The van der Waals surface area contributed by atoms with E-state index in [9.17, 15) is 9.90 Å². The molecular formula is C25H29N3O3S. The highest BCUT2D eigenvalue weighted by Crippen LogP contribution is 2.32. The number of allylic oxidation sites excluding steroid dienone is 2. The summed E-state index contributed by atoms with van der Waals surface area (Å²) in [5.74, 6) is 0.606. The number of pyridine rings is 1. The van der Waals surface area contributed by atoms with E-state index in [0.717, 1.165) is 51.7 Å². The summed E-state index contributed by atoms with van der Waals surface area (Å²) in [7, 11) is 1.69. The van der Waals surface area contributed by atoms with Gasteiger partial charge in [-0.15, -0.1) is 0 Å². The van der Waals surface area contributed by atoms with Crippen molar-refractivity contribution < 1.29 is 14.6 Å². The average Bonchev–Trinajstić information content (AvgIpc) is 3.14. The van der Waals surface area contributed by atoms with Crippen LogP contribution >= 0.6 is 11.8 Å². The number of fused-ring (bicyclic) bond motifs is 1. The van der Waals surface area contributed by atoms with Gasteiger partial charge in [-0.05, 0) is 64.2 Å². The molecule has 6 nitrogen and oxygen atoms in total. The summed E-state index contributed by atoms with van der Waals surface area (Å²) in [4.78, 5) is 20.9. The highest BCUT2D eigenvalue weighted by atomic mass is 32.2. The van der Waals surface area contributed by atoms with Crippen molar-refractivity contribution >= 4 is 28.8 Å². The Morgan fingerprint density at radius 3 is 2.84 bits per heavy atom. The van der Waals surface area contributed by atoms with Crippen LogP contribution in [0.15, 0.2) is 41.2 Å². The number of aromatic nitrogens is 3. The van der Waals surface area contributed by atoms with Gasteiger partial charge in [-0.2, -0.15) is 0 Å². The van der Waals surface area contributed by atoms with Gasteiger partial charge in [0.05, 0.1) is 29.4 Å². The van der Waals surface area contributed by atoms with E-state index in [4.69, 9.17) is 9.72 Å². The first-order valence-electron chi connectivity index (χ1n) is 11.0. The van der Waals surface area contributed by atoms with Gasteiger partial charge in [-0.3, -0.25) is 4.98 Å². The van der Waals surface area contributed by atoms with E-state index in [1.54, 1.807) is 31.0 Å². The fourth-order valence-corrected chi connectivity index (χ4v) is 5.37. The molecule has 2 aromatic heterocycles. The Morgan fingerprint density at radius 2 is 2.12 bits per heavy atom. The highest BCUT2D eigenvalue weighted by molar-refractivity contribution is 7.98. The van der Waals surface area contributed by atoms with Crippen LogP contribution in [-0.2, 0) is 12.3 Å². The number of hydrogen-bond donors (Lipinski definition) is 1. The molecule has 0 atom stereocenters. The third-order valence-electron chi connectivity index (χ3n) is 6.09. The van der Waals surface area contributed by atoms with Crippen molar-refractivity contribution in [2.45, 2.75) is 63.4 Å². The molecular weight excluding hydrogens is 422 g/mol. The van der Waals surface area contributed by atoms with E-state index in [0.29, 0.717) is 5.75 Å². The van der Waals surface area contributed by atoms with Crippen molar-refractivity contribution in [2.75, 3.05) is 7.11 Å². The van der Waals surface area contributed by atoms with Crippen LogP contribution in [0.3, 0.4) is 0 Å². The summed E-state index contributed by atoms with van der Waals surface area (Å²) in [6.07, 6.45) is 10.1. The number of carboxylic acid groups (broad SMARTS) is 1. The van der Waals surface area contributed by atoms with E-state index >= 15 is 0 Å². The molecule has 168 valence electrons. The molecule has 0 aliphatic heterocycles. The second-order valence-electron chi connectivity index (χ2n) is 8.25. The van der Waals surface area contributed by atoms with Crippen molar-refractivity contribution in [3.63, 3.8) is 0 Å². The molecule has 0 saturated carbocycles. The third-order valence-corrected chi connectivity index (χ3v) is 7.08. The van der Waals surface area contributed by atoms with Crippen molar-refractivity contribution in [3.8, 4) is 5.75 Å². The van der Waals surface area contributed by atoms with Gasteiger partial charge in [0, 0.05) is 29.6 Å². The summed E-state index contributed by atoms with van der Waals surface area (Å²) >= 11 is 1.63. The number of nitrogens with zero attached hydrogens (tertiary/aromatic N) is 3. The zero-order valence-electron chi connectivity index (χ0n) is 18.9. The van der Waals surface area contributed by atoms with Crippen LogP contribution in [-0.4, -0.2) is 32.7 Å². The molecule has 32 heavy (non-hydrogen) atoms. The minimum atomic E-state index is -0.936. The van der Waals surface area contributed by atoms with Gasteiger partial charge in [0.1, 0.15) is 5.75 Å². The summed E-state index contributed by atoms with van der Waals surface area (Å²) in [5.41, 5.74) is 6.50. The van der Waals surface area contributed by atoms with E-state index in [1.807, 2.05) is 26.1 Å². The Kier molecular flexibility index (Phi) is 6.84. The molecule has 1 N–H and O–H groups in total. The molecule has 0 spiro atoms. The third kappa shape index (κ3) is 4.67. The maximum Gasteiger partial charge on any atom is 0.335 e. The summed E-state index contributed by atoms with van der Waals surface area (Å²) in [6.45, 7) is 4.86. The van der Waals surface area contributed by atoms with Crippen LogP contribution < -0.4 is 4.74 Å². The van der Waals surface area contributed by atoms with Crippen LogP contribution in [0, 0.1) is 13.8 Å². The van der Waals surface area contributed by atoms with Gasteiger partial charge in [0.15, 0.2) is 5.16 Å². The van der Waals surface area contributed by atoms with E-state index in [1.165, 1.54) is 31.3 Å². The normalized spacial score (nSPS) is 13.9. The number of aryl methyl sites for hydroxylation is 2. The number of rotatable bonds is 8. The second-order valence-corrected chi connectivity index (χ2v) is 9.19. The molecule has 7 heteroatoms. The summed E-state index contributed by atoms with van der Waals surface area (Å²) in [6, 6.07) is 5.20. The van der Waals surface area contributed by atoms with Crippen molar-refractivity contribution in [3.05, 3.63) is 58.4 Å². The van der Waals surface area contributed by atoms with Crippen LogP contribution in [0.4, 0.5) is 0 Å². The zero-order valence-corrected chi connectivity index (χ0v) is 19.7. The fraction of sp³-hybridized carbons (Fsp3) is 0.400. The summed E-state index contributed by atoms with van der Waals surface area (Å²) in [5, 5.41) is 10.3. The Morgan fingerprint density at radius 1 is 1.28 bits per heavy atom. The number of benzene rings is 1. The number of hydrogen-bond acceptors (Lipinski definition) is 5. The molecule has 1 aliphatic carbocycles. The lowest BCUT2D eigenvalue weighted by molar-refractivity contribution is 0.0697. The smallest absolute Gasteiger partial charge is 0.335 e. The fourth-order valence-electron chi connectivity index (χ4n) is 4.30. The largest absolute Gasteiger partial charge is 0.496 e. The molecule has 0 radical (unpaired) electrons. The molecule has 0 bridgehead atoms. The molecule has 2 heterocycles. The van der Waals surface area contributed by atoms with Crippen molar-refractivity contribution in [1.82, 2.24) is 14.5 Å². The van der Waals surface area contributed by atoms with Gasteiger partial charge in [0.2, 0.25) is 0 Å². The molecule has 1 aromatic carbocycles. The molecule has 4 rings (SSSR count). The Balaban J connectivity index is 1.64. The second kappa shape index (κ2) is 9.77. The SMILES string of the molecule is COc1c(C)cnc(CSc2nc3cc(C(=O)O)ccc3n2CCC2=CCCCC2)c1C. The molecule has 1 aliphatic rings. The van der Waals surface area contributed by atoms with Gasteiger partial charge in [-0.25, -0.2) is 9.78 Å². The number of ether oxygens (including phenoxy) is 1.